The summed E-state index contributed by atoms with van der Waals surface area (Å²) in [6.07, 6.45) is 4.44. The van der Waals surface area contributed by atoms with Gasteiger partial charge in [-0.2, -0.15) is 5.48 Å². The molecule has 0 aliphatic heterocycles. The lowest BCUT2D eigenvalue weighted by Gasteiger charge is -2.28. The van der Waals surface area contributed by atoms with Crippen LogP contribution in [-0.2, 0) is 9.63 Å². The molecule has 1 aromatic rings. The molecule has 17 heavy (non-hydrogen) atoms. The number of hydrogen-bond acceptors (Lipinski definition) is 3. The van der Waals surface area contributed by atoms with E-state index < -0.39 is 0 Å². The maximum Gasteiger partial charge on any atom is 0.321 e. The van der Waals surface area contributed by atoms with Crippen LogP contribution in [0.1, 0.15) is 44.1 Å². The third kappa shape index (κ3) is 3.56. The first kappa shape index (κ1) is 12.1. The van der Waals surface area contributed by atoms with Gasteiger partial charge in [0.25, 0.3) is 0 Å². The lowest BCUT2D eigenvalue weighted by atomic mass is 9.82. The van der Waals surface area contributed by atoms with Crippen LogP contribution in [0.4, 0.5) is 0 Å². The third-order valence-corrected chi connectivity index (χ3v) is 3.37. The second-order valence-corrected chi connectivity index (χ2v) is 4.67. The van der Waals surface area contributed by atoms with Gasteiger partial charge in [-0.15, -0.1) is 0 Å². The maximum absolute atomic E-state index is 10.7. The van der Waals surface area contributed by atoms with Crippen molar-refractivity contribution in [2.45, 2.75) is 44.6 Å². The molecule has 1 saturated carbocycles. The molecule has 0 bridgehead atoms. The molecule has 0 aromatic heterocycles. The van der Waals surface area contributed by atoms with Crippen molar-refractivity contribution < 1.29 is 9.63 Å². The average Bonchev–Trinajstić information content (AvgIpc) is 2.38. The van der Waals surface area contributed by atoms with Crippen molar-refractivity contribution in [3.05, 3.63) is 35.9 Å². The zero-order chi connectivity index (χ0) is 12.1. The Hall–Kier alpha value is -1.35. The Morgan fingerprint density at radius 2 is 1.82 bits per heavy atom. The molecule has 1 aliphatic rings. The summed E-state index contributed by atoms with van der Waals surface area (Å²) in [6.45, 7) is 1.42. The third-order valence-electron chi connectivity index (χ3n) is 3.37. The van der Waals surface area contributed by atoms with Gasteiger partial charge in [0.1, 0.15) is 0 Å². The molecule has 0 spiro atoms. The molecular formula is C14H19NO2. The van der Waals surface area contributed by atoms with Crippen LogP contribution in [0.3, 0.4) is 0 Å². The van der Waals surface area contributed by atoms with E-state index in [0.29, 0.717) is 12.0 Å². The van der Waals surface area contributed by atoms with E-state index in [-0.39, 0.29) is 5.97 Å². The predicted octanol–water partition coefficient (Wildman–Crippen LogP) is 2.78. The quantitative estimate of drug-likeness (QED) is 0.816. The van der Waals surface area contributed by atoms with Gasteiger partial charge >= 0.3 is 5.97 Å². The van der Waals surface area contributed by atoms with Crippen molar-refractivity contribution in [2.24, 2.45) is 0 Å². The summed E-state index contributed by atoms with van der Waals surface area (Å²) in [5.41, 5.74) is 4.27. The monoisotopic (exact) mass is 233 g/mol. The molecule has 92 valence electrons. The number of nitrogens with one attached hydrogen (secondary N) is 1. The summed E-state index contributed by atoms with van der Waals surface area (Å²) in [5, 5.41) is 0. The number of hydrogen-bond donors (Lipinski definition) is 1. The van der Waals surface area contributed by atoms with Crippen LogP contribution in [0.15, 0.2) is 30.3 Å². The van der Waals surface area contributed by atoms with E-state index in [1.165, 1.54) is 12.5 Å². The van der Waals surface area contributed by atoms with Crippen LogP contribution in [0.5, 0.6) is 0 Å². The molecule has 0 heterocycles. The summed E-state index contributed by atoms with van der Waals surface area (Å²) in [7, 11) is 0. The van der Waals surface area contributed by atoms with Gasteiger partial charge in [0.2, 0.25) is 0 Å². The van der Waals surface area contributed by atoms with Crippen molar-refractivity contribution in [1.82, 2.24) is 5.48 Å². The van der Waals surface area contributed by atoms with Gasteiger partial charge in [0.15, 0.2) is 0 Å². The first-order valence-electron chi connectivity index (χ1n) is 6.23. The van der Waals surface area contributed by atoms with E-state index >= 15 is 0 Å². The van der Waals surface area contributed by atoms with E-state index in [2.05, 4.69) is 35.8 Å². The largest absolute Gasteiger partial charge is 0.371 e. The summed E-state index contributed by atoms with van der Waals surface area (Å²) in [4.78, 5) is 15.5. The fourth-order valence-corrected chi connectivity index (χ4v) is 2.44. The van der Waals surface area contributed by atoms with Gasteiger partial charge < -0.3 is 4.84 Å². The maximum atomic E-state index is 10.7. The van der Waals surface area contributed by atoms with Crippen molar-refractivity contribution in [3.8, 4) is 0 Å². The van der Waals surface area contributed by atoms with Crippen LogP contribution in [0, 0.1) is 0 Å². The standard InChI is InChI=1S/C14H19NO2/c1-11(16)17-15-14-9-7-13(8-10-14)12-5-3-2-4-6-12/h2-6,13-15H,7-10H2,1H3. The molecule has 0 saturated heterocycles. The molecule has 1 aromatic carbocycles. The Morgan fingerprint density at radius 1 is 1.18 bits per heavy atom. The Balaban J connectivity index is 1.80. The van der Waals surface area contributed by atoms with E-state index in [9.17, 15) is 4.79 Å². The fraction of sp³-hybridized carbons (Fsp3) is 0.500. The molecule has 1 fully saturated rings. The zero-order valence-electron chi connectivity index (χ0n) is 10.2. The highest BCUT2D eigenvalue weighted by Gasteiger charge is 2.22. The minimum absolute atomic E-state index is 0.268. The Bertz CT molecular complexity index is 356. The highest BCUT2D eigenvalue weighted by atomic mass is 16.7. The minimum Gasteiger partial charge on any atom is -0.371 e. The summed E-state index contributed by atoms with van der Waals surface area (Å²) < 4.78 is 0. The number of hydroxylamine groups is 1. The number of carbonyl (C=O) groups is 1. The predicted molar refractivity (Wildman–Crippen MR) is 66.3 cm³/mol. The molecule has 1 N–H and O–H groups in total. The molecule has 3 nitrogen and oxygen atoms in total. The second kappa shape index (κ2) is 5.82. The Morgan fingerprint density at radius 3 is 2.41 bits per heavy atom. The van der Waals surface area contributed by atoms with Crippen LogP contribution in [0.25, 0.3) is 0 Å². The van der Waals surface area contributed by atoms with Crippen LogP contribution in [0.2, 0.25) is 0 Å². The van der Waals surface area contributed by atoms with Gasteiger partial charge in [-0.1, -0.05) is 30.3 Å². The molecule has 0 radical (unpaired) electrons. The summed E-state index contributed by atoms with van der Waals surface area (Å²) in [6, 6.07) is 11.0. The smallest absolute Gasteiger partial charge is 0.321 e. The summed E-state index contributed by atoms with van der Waals surface area (Å²) >= 11 is 0. The van der Waals surface area contributed by atoms with E-state index in [4.69, 9.17) is 4.84 Å². The van der Waals surface area contributed by atoms with Crippen molar-refractivity contribution >= 4 is 5.97 Å². The summed E-state index contributed by atoms with van der Waals surface area (Å²) in [5.74, 6) is 0.391. The fourth-order valence-electron chi connectivity index (χ4n) is 2.44. The van der Waals surface area contributed by atoms with Crippen LogP contribution >= 0.6 is 0 Å². The number of benzene rings is 1. The molecule has 0 unspecified atom stereocenters. The van der Waals surface area contributed by atoms with E-state index in [0.717, 1.165) is 25.7 Å². The Labute approximate surface area is 102 Å². The topological polar surface area (TPSA) is 38.3 Å². The van der Waals surface area contributed by atoms with Gasteiger partial charge in [0, 0.05) is 13.0 Å². The van der Waals surface area contributed by atoms with Crippen molar-refractivity contribution in [2.75, 3.05) is 0 Å². The van der Waals surface area contributed by atoms with Gasteiger partial charge in [-0.05, 0) is 37.2 Å². The number of rotatable bonds is 3. The highest BCUT2D eigenvalue weighted by Crippen LogP contribution is 2.32. The van der Waals surface area contributed by atoms with Crippen molar-refractivity contribution in [3.63, 3.8) is 0 Å². The van der Waals surface area contributed by atoms with Gasteiger partial charge in [-0.25, -0.2) is 0 Å². The lowest BCUT2D eigenvalue weighted by molar-refractivity contribution is -0.150. The van der Waals surface area contributed by atoms with E-state index in [1.54, 1.807) is 0 Å². The Kier molecular flexibility index (Phi) is 4.15. The van der Waals surface area contributed by atoms with Gasteiger partial charge in [-0.3, -0.25) is 4.79 Å². The second-order valence-electron chi connectivity index (χ2n) is 4.67. The normalized spacial score (nSPS) is 24.3. The molecule has 0 atom stereocenters. The SMILES string of the molecule is CC(=O)ONC1CCC(c2ccccc2)CC1. The lowest BCUT2D eigenvalue weighted by Crippen LogP contribution is -2.34. The molecule has 3 heteroatoms. The molecular weight excluding hydrogens is 214 g/mol. The zero-order valence-corrected chi connectivity index (χ0v) is 10.2. The van der Waals surface area contributed by atoms with Crippen molar-refractivity contribution in [1.29, 1.82) is 0 Å². The number of carbonyl (C=O) groups excluding carboxylic acids is 1. The van der Waals surface area contributed by atoms with Crippen LogP contribution < -0.4 is 5.48 Å². The van der Waals surface area contributed by atoms with Crippen LogP contribution in [-0.4, -0.2) is 12.0 Å². The van der Waals surface area contributed by atoms with E-state index in [1.807, 2.05) is 0 Å². The first-order chi connectivity index (χ1) is 8.25. The molecule has 1 aliphatic carbocycles. The molecule has 0 amide bonds. The first-order valence-corrected chi connectivity index (χ1v) is 6.23. The van der Waals surface area contributed by atoms with Gasteiger partial charge in [0.05, 0.1) is 0 Å². The minimum atomic E-state index is -0.268. The highest BCUT2D eigenvalue weighted by molar-refractivity contribution is 5.65. The average molecular weight is 233 g/mol. The molecule has 2 rings (SSSR count).